The summed E-state index contributed by atoms with van der Waals surface area (Å²) < 4.78 is 38.0. The van der Waals surface area contributed by atoms with Gasteiger partial charge >= 0.3 is 0 Å². The molecule has 1 aliphatic heterocycles. The Morgan fingerprint density at radius 2 is 1.87 bits per heavy atom. The van der Waals surface area contributed by atoms with Gasteiger partial charge in [-0.1, -0.05) is 13.8 Å². The number of nitrogens with one attached hydrogen (secondary N) is 1. The third-order valence-electron chi connectivity index (χ3n) is 4.70. The molecule has 0 unspecified atom stereocenters. The summed E-state index contributed by atoms with van der Waals surface area (Å²) in [6, 6.07) is 10.4. The normalized spacial score (nSPS) is 15.3. The van der Waals surface area contributed by atoms with Gasteiger partial charge in [0.25, 0.3) is 15.9 Å². The molecule has 1 amide bonds. The fraction of sp³-hybridized carbons (Fsp3) is 0.476. The topological polar surface area (TPSA) is 84.9 Å². The first-order valence-corrected chi connectivity index (χ1v) is 12.3. The number of hydrogen-bond donors (Lipinski definition) is 1. The lowest BCUT2D eigenvalue weighted by Gasteiger charge is -2.25. The third-order valence-corrected chi connectivity index (χ3v) is 8.16. The molecular weight excluding hydrogens is 424 g/mol. The highest BCUT2D eigenvalue weighted by Crippen LogP contribution is 2.25. The Morgan fingerprint density at radius 1 is 1.17 bits per heavy atom. The minimum atomic E-state index is -3.50. The SMILES string of the molecule is CC(C)CCOc1ccc(C(=O)NCc2ccc(S(=O)(=O)N3CCOCC3)s2)cc1. The first-order chi connectivity index (χ1) is 14.4. The molecule has 0 aliphatic carbocycles. The molecule has 0 spiro atoms. The van der Waals surface area contributed by atoms with Gasteiger partial charge in [-0.05, 0) is 48.7 Å². The van der Waals surface area contributed by atoms with Crippen LogP contribution in [0.4, 0.5) is 0 Å². The van der Waals surface area contributed by atoms with Crippen molar-refractivity contribution in [3.05, 3.63) is 46.8 Å². The number of hydrogen-bond acceptors (Lipinski definition) is 6. The minimum absolute atomic E-state index is 0.213. The minimum Gasteiger partial charge on any atom is -0.494 e. The van der Waals surface area contributed by atoms with E-state index in [0.717, 1.165) is 17.0 Å². The van der Waals surface area contributed by atoms with Crippen molar-refractivity contribution in [3.8, 4) is 5.75 Å². The van der Waals surface area contributed by atoms with Gasteiger partial charge < -0.3 is 14.8 Å². The molecule has 1 fully saturated rings. The maximum Gasteiger partial charge on any atom is 0.252 e. The maximum absolute atomic E-state index is 12.7. The van der Waals surface area contributed by atoms with Gasteiger partial charge in [0.15, 0.2) is 0 Å². The number of benzene rings is 1. The van der Waals surface area contributed by atoms with Crippen LogP contribution in [0.5, 0.6) is 5.75 Å². The van der Waals surface area contributed by atoms with E-state index in [1.54, 1.807) is 36.4 Å². The van der Waals surface area contributed by atoms with Gasteiger partial charge in [-0.2, -0.15) is 4.31 Å². The molecule has 0 radical (unpaired) electrons. The van der Waals surface area contributed by atoms with Crippen LogP contribution in [0.2, 0.25) is 0 Å². The summed E-state index contributed by atoms with van der Waals surface area (Å²) in [7, 11) is -3.50. The molecule has 1 N–H and O–H groups in total. The van der Waals surface area contributed by atoms with Crippen LogP contribution in [0.3, 0.4) is 0 Å². The summed E-state index contributed by atoms with van der Waals surface area (Å²) in [4.78, 5) is 13.2. The molecular formula is C21H28N2O5S2. The number of amides is 1. The highest BCUT2D eigenvalue weighted by molar-refractivity contribution is 7.91. The number of thiophene rings is 1. The lowest BCUT2D eigenvalue weighted by Crippen LogP contribution is -2.40. The molecule has 1 saturated heterocycles. The zero-order valence-corrected chi connectivity index (χ0v) is 18.9. The first-order valence-electron chi connectivity index (χ1n) is 10.0. The highest BCUT2D eigenvalue weighted by Gasteiger charge is 2.27. The van der Waals surface area contributed by atoms with Gasteiger partial charge in [0, 0.05) is 23.5 Å². The van der Waals surface area contributed by atoms with Crippen molar-refractivity contribution in [1.82, 2.24) is 9.62 Å². The molecule has 0 saturated carbocycles. The predicted octanol–water partition coefficient (Wildman–Crippen LogP) is 3.12. The van der Waals surface area contributed by atoms with Crippen molar-refractivity contribution < 1.29 is 22.7 Å². The lowest BCUT2D eigenvalue weighted by atomic mass is 10.1. The lowest BCUT2D eigenvalue weighted by molar-refractivity contribution is 0.0731. The molecule has 164 valence electrons. The molecule has 1 aromatic heterocycles. The van der Waals surface area contributed by atoms with E-state index in [4.69, 9.17) is 9.47 Å². The van der Waals surface area contributed by atoms with E-state index >= 15 is 0 Å². The molecule has 1 aliphatic rings. The number of morpholine rings is 1. The zero-order chi connectivity index (χ0) is 21.6. The predicted molar refractivity (Wildman–Crippen MR) is 116 cm³/mol. The summed E-state index contributed by atoms with van der Waals surface area (Å²) in [6.45, 7) is 6.76. The van der Waals surface area contributed by atoms with Gasteiger partial charge in [0.2, 0.25) is 0 Å². The van der Waals surface area contributed by atoms with Gasteiger partial charge in [0.05, 0.1) is 26.4 Å². The van der Waals surface area contributed by atoms with E-state index in [1.807, 2.05) is 0 Å². The van der Waals surface area contributed by atoms with Gasteiger partial charge in [0.1, 0.15) is 9.96 Å². The number of rotatable bonds is 9. The van der Waals surface area contributed by atoms with Crippen molar-refractivity contribution >= 4 is 27.3 Å². The molecule has 0 bridgehead atoms. The van der Waals surface area contributed by atoms with E-state index in [-0.39, 0.29) is 16.7 Å². The van der Waals surface area contributed by atoms with E-state index in [2.05, 4.69) is 19.2 Å². The number of sulfonamides is 1. The average Bonchev–Trinajstić information content (AvgIpc) is 3.23. The number of carbonyl (C=O) groups excluding carboxylic acids is 1. The monoisotopic (exact) mass is 452 g/mol. The molecule has 30 heavy (non-hydrogen) atoms. The summed E-state index contributed by atoms with van der Waals surface area (Å²) in [5, 5.41) is 2.84. The summed E-state index contributed by atoms with van der Waals surface area (Å²) in [5.74, 6) is 1.11. The maximum atomic E-state index is 12.7. The summed E-state index contributed by atoms with van der Waals surface area (Å²) >= 11 is 1.18. The Kier molecular flexibility index (Phi) is 7.87. The average molecular weight is 453 g/mol. The van der Waals surface area contributed by atoms with Crippen LogP contribution in [0.25, 0.3) is 0 Å². The van der Waals surface area contributed by atoms with Gasteiger partial charge in [-0.15, -0.1) is 11.3 Å². The fourth-order valence-corrected chi connectivity index (χ4v) is 5.75. The second-order valence-electron chi connectivity index (χ2n) is 7.48. The van der Waals surface area contributed by atoms with Crippen molar-refractivity contribution in [3.63, 3.8) is 0 Å². The molecule has 7 nitrogen and oxygen atoms in total. The van der Waals surface area contributed by atoms with E-state index in [9.17, 15) is 13.2 Å². The van der Waals surface area contributed by atoms with Crippen molar-refractivity contribution in [2.75, 3.05) is 32.9 Å². The number of nitrogens with zero attached hydrogens (tertiary/aromatic N) is 1. The first kappa shape index (κ1) is 22.7. The van der Waals surface area contributed by atoms with Crippen LogP contribution in [0.15, 0.2) is 40.6 Å². The fourth-order valence-electron chi connectivity index (χ4n) is 2.89. The quantitative estimate of drug-likeness (QED) is 0.632. The van der Waals surface area contributed by atoms with E-state index in [0.29, 0.717) is 44.4 Å². The van der Waals surface area contributed by atoms with Crippen LogP contribution in [0.1, 0.15) is 35.5 Å². The molecule has 1 aromatic carbocycles. The Balaban J connectivity index is 1.52. The third kappa shape index (κ3) is 6.04. The van der Waals surface area contributed by atoms with Crippen LogP contribution in [-0.2, 0) is 21.3 Å². The Morgan fingerprint density at radius 3 is 2.53 bits per heavy atom. The van der Waals surface area contributed by atoms with Crippen LogP contribution < -0.4 is 10.1 Å². The van der Waals surface area contributed by atoms with Crippen LogP contribution in [0, 0.1) is 5.92 Å². The van der Waals surface area contributed by atoms with Crippen molar-refractivity contribution in [2.45, 2.75) is 31.0 Å². The zero-order valence-electron chi connectivity index (χ0n) is 17.3. The second-order valence-corrected chi connectivity index (χ2v) is 10.8. The largest absolute Gasteiger partial charge is 0.494 e. The van der Waals surface area contributed by atoms with Crippen LogP contribution in [-0.4, -0.2) is 51.5 Å². The number of ether oxygens (including phenoxy) is 2. The molecule has 2 heterocycles. The smallest absolute Gasteiger partial charge is 0.252 e. The van der Waals surface area contributed by atoms with E-state index in [1.165, 1.54) is 15.6 Å². The highest BCUT2D eigenvalue weighted by atomic mass is 32.2. The summed E-state index contributed by atoms with van der Waals surface area (Å²) in [6.07, 6.45) is 0.978. The van der Waals surface area contributed by atoms with Gasteiger partial charge in [-0.25, -0.2) is 8.42 Å². The Labute approximate surface area is 182 Å². The summed E-state index contributed by atoms with van der Waals surface area (Å²) in [5.41, 5.74) is 0.531. The Hall–Kier alpha value is -1.94. The van der Waals surface area contributed by atoms with Crippen molar-refractivity contribution in [2.24, 2.45) is 5.92 Å². The van der Waals surface area contributed by atoms with Gasteiger partial charge in [-0.3, -0.25) is 4.79 Å². The van der Waals surface area contributed by atoms with Crippen molar-refractivity contribution in [1.29, 1.82) is 0 Å². The molecule has 0 atom stereocenters. The number of carbonyl (C=O) groups is 1. The molecule has 3 rings (SSSR count). The molecule has 2 aromatic rings. The molecule has 9 heteroatoms. The van der Waals surface area contributed by atoms with E-state index < -0.39 is 10.0 Å². The second kappa shape index (κ2) is 10.4. The standard InChI is InChI=1S/C21H28N2O5S2/c1-16(2)9-12-28-18-5-3-17(4-6-18)21(24)22-15-19-7-8-20(29-19)30(25,26)23-10-13-27-14-11-23/h3-8,16H,9-15H2,1-2H3,(H,22,24). The Bertz CT molecular complexity index is 933. The van der Waals surface area contributed by atoms with Crippen LogP contribution >= 0.6 is 11.3 Å².